The van der Waals surface area contributed by atoms with Crippen LogP contribution < -0.4 is 9.47 Å². The summed E-state index contributed by atoms with van der Waals surface area (Å²) in [7, 11) is 0. The van der Waals surface area contributed by atoms with Crippen LogP contribution in [0.3, 0.4) is 0 Å². The number of ether oxygens (including phenoxy) is 4. The van der Waals surface area contributed by atoms with Gasteiger partial charge in [0.15, 0.2) is 11.5 Å². The molecule has 5 aliphatic carbocycles. The molecule has 5 nitrogen and oxygen atoms in total. The molecule has 0 amide bonds. The Morgan fingerprint density at radius 2 is 1.83 bits per heavy atom. The van der Waals surface area contributed by atoms with Crippen molar-refractivity contribution in [2.45, 2.75) is 108 Å². The molecule has 7 atom stereocenters. The van der Waals surface area contributed by atoms with Gasteiger partial charge in [0.25, 0.3) is 0 Å². The van der Waals surface area contributed by atoms with Crippen LogP contribution in [0.1, 0.15) is 82.9 Å². The normalized spacial score (nSPS) is 41.9. The van der Waals surface area contributed by atoms with E-state index in [0.29, 0.717) is 25.4 Å². The molecule has 2 aromatic carbocycles. The number of fused-ring (bicyclic) bond motifs is 1. The Bertz CT molecular complexity index is 1400. The van der Waals surface area contributed by atoms with Gasteiger partial charge in [-0.1, -0.05) is 57.2 Å². The number of piperidine rings is 1. The van der Waals surface area contributed by atoms with Crippen molar-refractivity contribution in [2.24, 2.45) is 22.7 Å². The SMILES string of the molecule is CC(C)(C)[C@@]1(C)OCO[C@]23CC[C@@]4(C[C@@H]21)[C@@H]1Cc2ccc(OCc5ccccc5)c5c2[C@@]4(CCN1CC1CC1)[C@H]3O5. The fourth-order valence-electron chi connectivity index (χ4n) is 10.9. The highest BCUT2D eigenvalue weighted by Crippen LogP contribution is 2.79. The summed E-state index contributed by atoms with van der Waals surface area (Å²) in [6.07, 6.45) is 8.57. The molecule has 2 aromatic rings. The Labute approximate surface area is 244 Å². The quantitative estimate of drug-likeness (QED) is 0.413. The van der Waals surface area contributed by atoms with E-state index in [0.717, 1.165) is 36.7 Å². The van der Waals surface area contributed by atoms with E-state index in [1.807, 2.05) is 0 Å². The van der Waals surface area contributed by atoms with E-state index in [1.165, 1.54) is 55.5 Å². The van der Waals surface area contributed by atoms with Gasteiger partial charge >= 0.3 is 0 Å². The molecule has 218 valence electrons. The molecular formula is C36H45NO4. The Balaban J connectivity index is 1.21. The van der Waals surface area contributed by atoms with Crippen molar-refractivity contribution >= 4 is 0 Å². The lowest BCUT2D eigenvalue weighted by molar-refractivity contribution is -0.389. The third-order valence-electron chi connectivity index (χ3n) is 13.3. The third-order valence-corrected chi connectivity index (χ3v) is 13.3. The van der Waals surface area contributed by atoms with Crippen LogP contribution in [0.2, 0.25) is 0 Å². The second-order valence-electron chi connectivity index (χ2n) is 15.7. The van der Waals surface area contributed by atoms with Crippen LogP contribution in [0.4, 0.5) is 0 Å². The molecule has 3 spiro atoms. The second-order valence-corrected chi connectivity index (χ2v) is 15.7. The molecule has 8 aliphatic rings. The zero-order valence-corrected chi connectivity index (χ0v) is 25.2. The smallest absolute Gasteiger partial charge is 0.166 e. The third kappa shape index (κ3) is 3.04. The fourth-order valence-corrected chi connectivity index (χ4v) is 10.9. The van der Waals surface area contributed by atoms with E-state index in [1.54, 1.807) is 0 Å². The Morgan fingerprint density at radius 1 is 1.00 bits per heavy atom. The average Bonchev–Trinajstić information content (AvgIpc) is 3.70. The van der Waals surface area contributed by atoms with Gasteiger partial charge in [-0.3, -0.25) is 4.90 Å². The molecule has 6 fully saturated rings. The van der Waals surface area contributed by atoms with E-state index >= 15 is 0 Å². The predicted molar refractivity (Wildman–Crippen MR) is 157 cm³/mol. The van der Waals surface area contributed by atoms with Crippen molar-refractivity contribution in [3.05, 3.63) is 59.2 Å². The molecule has 3 aliphatic heterocycles. The lowest BCUT2D eigenvalue weighted by Gasteiger charge is -2.77. The van der Waals surface area contributed by atoms with Crippen LogP contribution in [0.5, 0.6) is 11.5 Å². The lowest BCUT2D eigenvalue weighted by Crippen LogP contribution is -2.84. The van der Waals surface area contributed by atoms with Gasteiger partial charge in [-0.05, 0) is 86.9 Å². The van der Waals surface area contributed by atoms with E-state index in [4.69, 9.17) is 18.9 Å². The molecule has 2 saturated heterocycles. The van der Waals surface area contributed by atoms with Crippen molar-refractivity contribution in [1.29, 1.82) is 0 Å². The van der Waals surface area contributed by atoms with Crippen LogP contribution in [0, 0.1) is 22.7 Å². The van der Waals surface area contributed by atoms with Crippen LogP contribution in [-0.4, -0.2) is 48.1 Å². The van der Waals surface area contributed by atoms with Gasteiger partial charge in [0, 0.05) is 34.9 Å². The zero-order valence-electron chi connectivity index (χ0n) is 25.2. The number of hydrogen-bond acceptors (Lipinski definition) is 5. The summed E-state index contributed by atoms with van der Waals surface area (Å²) in [5, 5.41) is 0. The molecular weight excluding hydrogens is 510 g/mol. The molecule has 0 radical (unpaired) electrons. The summed E-state index contributed by atoms with van der Waals surface area (Å²) in [6.45, 7) is 12.8. The molecule has 41 heavy (non-hydrogen) atoms. The Morgan fingerprint density at radius 3 is 2.61 bits per heavy atom. The standard InChI is InChI=1S/C36H45NO4/c1-32(2,3)33(4)27-19-34-14-15-36(27,40-22-39-33)31-35(34)16-17-37(20-23-10-11-23)28(34)18-25-12-13-26(30(41-31)29(25)35)38-21-24-8-6-5-7-9-24/h5-9,12-13,23,27-28,31H,10-11,14-22H2,1-4H3/t27-,28+,31-,33+,34-,35+,36-/m1/s1. The van der Waals surface area contributed by atoms with Crippen LogP contribution in [-0.2, 0) is 27.9 Å². The summed E-state index contributed by atoms with van der Waals surface area (Å²) in [6, 6.07) is 15.6. The van der Waals surface area contributed by atoms with Crippen molar-refractivity contribution in [2.75, 3.05) is 19.9 Å². The minimum Gasteiger partial charge on any atom is -0.485 e. The maximum atomic E-state index is 7.40. The minimum atomic E-state index is -0.338. The molecule has 3 heterocycles. The van der Waals surface area contributed by atoms with Crippen molar-refractivity contribution in [3.8, 4) is 11.5 Å². The van der Waals surface area contributed by atoms with Gasteiger partial charge in [-0.25, -0.2) is 0 Å². The molecule has 4 saturated carbocycles. The minimum absolute atomic E-state index is 0.00617. The van der Waals surface area contributed by atoms with Gasteiger partial charge < -0.3 is 18.9 Å². The molecule has 0 N–H and O–H groups in total. The van der Waals surface area contributed by atoms with Crippen molar-refractivity contribution in [1.82, 2.24) is 4.90 Å². The molecule has 5 heteroatoms. The van der Waals surface area contributed by atoms with Gasteiger partial charge in [0.05, 0.1) is 5.60 Å². The van der Waals surface area contributed by atoms with E-state index in [-0.39, 0.29) is 33.6 Å². The first-order valence-electron chi connectivity index (χ1n) is 16.2. The Hall–Kier alpha value is -2.08. The van der Waals surface area contributed by atoms with Gasteiger partial charge in [-0.15, -0.1) is 0 Å². The summed E-state index contributed by atoms with van der Waals surface area (Å²) >= 11 is 0. The molecule has 0 aromatic heterocycles. The second kappa shape index (κ2) is 8.09. The number of nitrogens with zero attached hydrogens (tertiary/aromatic N) is 1. The van der Waals surface area contributed by atoms with Gasteiger partial charge in [0.2, 0.25) is 0 Å². The van der Waals surface area contributed by atoms with Gasteiger partial charge in [0.1, 0.15) is 25.1 Å². The lowest BCUT2D eigenvalue weighted by atomic mass is 9.33. The van der Waals surface area contributed by atoms with Crippen molar-refractivity contribution in [3.63, 3.8) is 0 Å². The van der Waals surface area contributed by atoms with E-state index < -0.39 is 0 Å². The zero-order chi connectivity index (χ0) is 27.8. The number of rotatable bonds is 5. The maximum Gasteiger partial charge on any atom is 0.166 e. The predicted octanol–water partition coefficient (Wildman–Crippen LogP) is 6.65. The first-order valence-corrected chi connectivity index (χ1v) is 16.2. The summed E-state index contributed by atoms with van der Waals surface area (Å²) < 4.78 is 27.6. The first-order chi connectivity index (χ1) is 19.7. The Kier molecular flexibility index (Phi) is 5.02. The average molecular weight is 556 g/mol. The number of likely N-dealkylation sites (tertiary alicyclic amines) is 1. The highest BCUT2D eigenvalue weighted by atomic mass is 16.7. The summed E-state index contributed by atoms with van der Waals surface area (Å²) in [5.41, 5.74) is 3.70. The number of hydrogen-bond donors (Lipinski definition) is 0. The molecule has 10 rings (SSSR count). The van der Waals surface area contributed by atoms with Crippen LogP contribution in [0.15, 0.2) is 42.5 Å². The maximum absolute atomic E-state index is 7.40. The summed E-state index contributed by atoms with van der Waals surface area (Å²) in [4.78, 5) is 2.93. The van der Waals surface area contributed by atoms with Gasteiger partial charge in [-0.2, -0.15) is 0 Å². The highest BCUT2D eigenvalue weighted by Gasteiger charge is 2.83. The monoisotopic (exact) mass is 555 g/mol. The molecule has 4 bridgehead atoms. The van der Waals surface area contributed by atoms with Crippen molar-refractivity contribution < 1.29 is 18.9 Å². The van der Waals surface area contributed by atoms with Crippen LogP contribution >= 0.6 is 0 Å². The summed E-state index contributed by atoms with van der Waals surface area (Å²) in [5.74, 6) is 3.12. The largest absolute Gasteiger partial charge is 0.485 e. The topological polar surface area (TPSA) is 40.2 Å². The van der Waals surface area contributed by atoms with E-state index in [9.17, 15) is 0 Å². The van der Waals surface area contributed by atoms with E-state index in [2.05, 4.69) is 75.1 Å². The first kappa shape index (κ1) is 25.4. The molecule has 0 unspecified atom stereocenters. The fraction of sp³-hybridized carbons (Fsp3) is 0.667. The number of benzene rings is 2. The van der Waals surface area contributed by atoms with Crippen LogP contribution in [0.25, 0.3) is 0 Å². The highest BCUT2D eigenvalue weighted by molar-refractivity contribution is 5.64.